The number of benzene rings is 6. The van der Waals surface area contributed by atoms with E-state index in [0.29, 0.717) is 16.9 Å². The molecule has 55 heavy (non-hydrogen) atoms. The smallest absolute Gasteiger partial charge is 0.369 e. The average Bonchev–Trinajstić information content (AvgIpc) is 3.14. The number of methoxy groups -OCH3 is 1. The summed E-state index contributed by atoms with van der Waals surface area (Å²) < 4.78 is 64.1. The third-order valence-corrected chi connectivity index (χ3v) is 8.09. The molecule has 0 aromatic heterocycles. The van der Waals surface area contributed by atoms with E-state index in [4.69, 9.17) is 51.1 Å². The number of rotatable bonds is 5. The fraction of sp³-hybridized carbons (Fsp3) is 0.100. The Labute approximate surface area is 363 Å². The van der Waals surface area contributed by atoms with Crippen LogP contribution in [-0.4, -0.2) is 25.8 Å². The van der Waals surface area contributed by atoms with Gasteiger partial charge in [0, 0.05) is 38.9 Å². The zero-order chi connectivity index (χ0) is 40.1. The molecule has 6 aromatic rings. The van der Waals surface area contributed by atoms with Gasteiger partial charge in [0.25, 0.3) is 0 Å². The van der Waals surface area contributed by atoms with Crippen LogP contribution < -0.4 is 4.74 Å². The number of aromatic hydroxyl groups is 2. The number of phenols is 2. The molecule has 0 aliphatic heterocycles. The highest BCUT2D eigenvalue weighted by atomic mass is 79.9. The van der Waals surface area contributed by atoms with Gasteiger partial charge >= 0.3 is 3.18 Å². The van der Waals surface area contributed by atoms with Crippen LogP contribution in [0.1, 0.15) is 13.0 Å². The molecule has 0 heterocycles. The lowest BCUT2D eigenvalue weighted by atomic mass is 9.96. The van der Waals surface area contributed by atoms with Gasteiger partial charge in [-0.2, -0.15) is 0 Å². The van der Waals surface area contributed by atoms with E-state index in [2.05, 4.69) is 47.3 Å². The van der Waals surface area contributed by atoms with Crippen molar-refractivity contribution in [3.63, 3.8) is 0 Å². The second-order valence-electron chi connectivity index (χ2n) is 10.7. The topological polar surface area (TPSA) is 49.7 Å². The first-order valence-electron chi connectivity index (χ1n) is 15.3. The molecule has 0 radical (unpaired) electrons. The molecule has 0 aliphatic carbocycles. The second kappa shape index (κ2) is 23.4. The van der Waals surface area contributed by atoms with Crippen molar-refractivity contribution < 1.29 is 32.5 Å². The Balaban J connectivity index is 0.000000321. The number of hydrogen-bond donors (Lipinski definition) is 2. The Morgan fingerprint density at radius 1 is 0.564 bits per heavy atom. The zero-order valence-electron chi connectivity index (χ0n) is 28.1. The van der Waals surface area contributed by atoms with Crippen LogP contribution >= 0.6 is 93.7 Å². The summed E-state index contributed by atoms with van der Waals surface area (Å²) in [5, 5.41) is 20.0. The average molecular weight is 1030 g/mol. The summed E-state index contributed by atoms with van der Waals surface area (Å²) in [7, 11) is 1.48. The summed E-state index contributed by atoms with van der Waals surface area (Å²) in [6.07, 6.45) is 0. The molecule has 0 bridgehead atoms. The van der Waals surface area contributed by atoms with E-state index in [1.54, 1.807) is 60.7 Å². The molecule has 0 aliphatic rings. The molecule has 6 rings (SSSR count). The first kappa shape index (κ1) is 48.3. The van der Waals surface area contributed by atoms with E-state index in [1.807, 2.05) is 19.1 Å². The molecule has 0 saturated heterocycles. The van der Waals surface area contributed by atoms with Gasteiger partial charge in [0.1, 0.15) is 17.2 Å². The van der Waals surface area contributed by atoms with E-state index in [0.717, 1.165) is 5.56 Å². The third-order valence-electron chi connectivity index (χ3n) is 7.50. The van der Waals surface area contributed by atoms with Crippen LogP contribution in [0.25, 0.3) is 44.5 Å². The number of aryl methyl sites for hydroxylation is 1. The summed E-state index contributed by atoms with van der Waals surface area (Å²) >= 11 is 31.3. The number of alkyl halides is 2. The lowest BCUT2D eigenvalue weighted by Gasteiger charge is -2.15. The van der Waals surface area contributed by atoms with Gasteiger partial charge in [-0.1, -0.05) is 109 Å². The minimum Gasteiger partial charge on any atom is -0.507 e. The molecular weight excluding hydrogens is 997 g/mol. The highest BCUT2D eigenvalue weighted by Gasteiger charge is 2.24. The Morgan fingerprint density at radius 2 is 0.909 bits per heavy atom. The number of hydrogen-bond acceptors (Lipinski definition) is 3. The second-order valence-corrected chi connectivity index (χ2v) is 18.8. The van der Waals surface area contributed by atoms with Gasteiger partial charge in [-0.15, -0.1) is 70.5 Å². The van der Waals surface area contributed by atoms with E-state index < -0.39 is 23.3 Å². The van der Waals surface area contributed by atoms with Crippen molar-refractivity contribution in [2.75, 3.05) is 12.4 Å². The van der Waals surface area contributed by atoms with E-state index in [1.165, 1.54) is 43.5 Å². The van der Waals surface area contributed by atoms with Crippen molar-refractivity contribution in [3.05, 3.63) is 148 Å². The lowest BCUT2D eigenvalue weighted by Crippen LogP contribution is -1.98. The lowest BCUT2D eigenvalue weighted by molar-refractivity contribution is 0.416. The maximum atomic E-state index is 14.8. The molecule has 0 atom stereocenters. The summed E-state index contributed by atoms with van der Waals surface area (Å²) in [5.41, 5.74) is 1.86. The molecule has 2 N–H and O–H groups in total. The Hall–Kier alpha value is -2.90. The molecule has 6 aromatic carbocycles. The standard InChI is InChI=1S/C20H15ClF2O.C18H11ClF2O2.CH2Cl2.CH4.BBr3/c1-12-7-3-4-8-13(12)18-16(21)11-15(19(22)20(18)23)14-9-5-6-10-17(14)24-2;19-13-9-12(10-5-1-3-7-14(10)22)17(20)18(21)16(13)11-6-2-4-8-15(11)23;2-1-3;;2-1(3)4/h3-11H,1-2H3;1-9,22-23H;1H2;1H4;. The van der Waals surface area contributed by atoms with Gasteiger partial charge in [0.2, 0.25) is 0 Å². The minimum atomic E-state index is -1.18. The highest BCUT2D eigenvalue weighted by Crippen LogP contribution is 2.43. The fourth-order valence-corrected chi connectivity index (χ4v) is 5.77. The molecule has 3 nitrogen and oxygen atoms in total. The van der Waals surface area contributed by atoms with Crippen LogP contribution in [0.15, 0.2) is 109 Å². The van der Waals surface area contributed by atoms with Crippen molar-refractivity contribution in [2.45, 2.75) is 14.4 Å². The number of halogens is 11. The first-order valence-corrected chi connectivity index (χ1v) is 19.9. The normalized spacial score (nSPS) is 9.98. The Kier molecular flexibility index (Phi) is 20.5. The number of para-hydroxylation sites is 3. The third kappa shape index (κ3) is 12.5. The molecule has 0 amide bonds. The van der Waals surface area contributed by atoms with Gasteiger partial charge in [-0.3, -0.25) is 0 Å². The van der Waals surface area contributed by atoms with Gasteiger partial charge in [-0.05, 0) is 48.4 Å². The largest absolute Gasteiger partial charge is 0.507 e. The first-order chi connectivity index (χ1) is 25.7. The van der Waals surface area contributed by atoms with Gasteiger partial charge < -0.3 is 14.9 Å². The molecule has 0 spiro atoms. The summed E-state index contributed by atoms with van der Waals surface area (Å²) in [5.74, 6) is -4.16. The van der Waals surface area contributed by atoms with E-state index >= 15 is 0 Å². The summed E-state index contributed by atoms with van der Waals surface area (Å²) in [4.78, 5) is 0. The zero-order valence-corrected chi connectivity index (χ0v) is 35.9. The van der Waals surface area contributed by atoms with Gasteiger partial charge in [0.05, 0.1) is 22.5 Å². The summed E-state index contributed by atoms with van der Waals surface area (Å²) in [6, 6.07) is 28.6. The van der Waals surface area contributed by atoms with Gasteiger partial charge in [-0.25, -0.2) is 17.6 Å². The number of phenolic OH excluding ortho intramolecular Hbond substituents is 2. The van der Waals surface area contributed by atoms with Crippen LogP contribution in [0.2, 0.25) is 10.0 Å². The predicted octanol–water partition coefficient (Wildman–Crippen LogP) is 15.8. The molecular formula is C40H32BBr3Cl4F4O3. The number of ether oxygens (including phenoxy) is 1. The highest BCUT2D eigenvalue weighted by molar-refractivity contribution is 9.69. The van der Waals surface area contributed by atoms with Crippen LogP contribution in [0.5, 0.6) is 17.2 Å². The van der Waals surface area contributed by atoms with Gasteiger partial charge in [0.15, 0.2) is 23.3 Å². The maximum Gasteiger partial charge on any atom is 0.369 e. The maximum absolute atomic E-state index is 14.8. The fourth-order valence-electron chi connectivity index (χ4n) is 5.18. The quantitative estimate of drug-likeness (QED) is 0.0783. The van der Waals surface area contributed by atoms with E-state index in [9.17, 15) is 27.8 Å². The van der Waals surface area contributed by atoms with Crippen molar-refractivity contribution >= 4 is 96.9 Å². The molecule has 15 heteroatoms. The van der Waals surface area contributed by atoms with Crippen LogP contribution in [0.3, 0.4) is 0 Å². The van der Waals surface area contributed by atoms with Crippen LogP contribution in [-0.2, 0) is 0 Å². The molecule has 0 fully saturated rings. The van der Waals surface area contributed by atoms with Crippen LogP contribution in [0.4, 0.5) is 17.6 Å². The Bertz CT molecular complexity index is 2200. The monoisotopic (exact) mass is 1020 g/mol. The molecule has 290 valence electrons. The Morgan fingerprint density at radius 3 is 1.35 bits per heavy atom. The van der Waals surface area contributed by atoms with Crippen molar-refractivity contribution in [2.24, 2.45) is 0 Å². The predicted molar refractivity (Wildman–Crippen MR) is 235 cm³/mol. The van der Waals surface area contributed by atoms with Crippen molar-refractivity contribution in [1.29, 1.82) is 0 Å². The SMILES string of the molecule is BrB(Br)Br.C.COc1ccccc1-c1cc(Cl)c(-c2ccccc2C)c(F)c1F.ClCCl.Oc1ccccc1-c1cc(Cl)c(-c2ccccc2O)c(F)c1F. The van der Waals surface area contributed by atoms with Crippen molar-refractivity contribution in [3.8, 4) is 61.8 Å². The van der Waals surface area contributed by atoms with Crippen molar-refractivity contribution in [1.82, 2.24) is 0 Å². The van der Waals surface area contributed by atoms with E-state index in [-0.39, 0.29) is 70.9 Å². The molecule has 0 unspecified atom stereocenters. The van der Waals surface area contributed by atoms with Crippen LogP contribution in [0, 0.1) is 30.2 Å². The molecule has 0 saturated carbocycles. The minimum absolute atomic E-state index is 0. The summed E-state index contributed by atoms with van der Waals surface area (Å²) in [6.45, 7) is 1.83.